The minimum atomic E-state index is -1.37. The second-order valence-electron chi connectivity index (χ2n) is 6.33. The summed E-state index contributed by atoms with van der Waals surface area (Å²) in [5.74, 6) is -0.174. The molecule has 2 saturated heterocycles. The topological polar surface area (TPSA) is 67.6 Å². The van der Waals surface area contributed by atoms with Crippen molar-refractivity contribution in [3.63, 3.8) is 0 Å². The number of likely N-dealkylation sites (tertiary alicyclic amines) is 1. The van der Waals surface area contributed by atoms with Gasteiger partial charge in [0.2, 0.25) is 0 Å². The largest absolute Gasteiger partial charge is 0.378 e. The number of nitrogens with zero attached hydrogens (tertiary/aromatic N) is 3. The third-order valence-corrected chi connectivity index (χ3v) is 4.92. The Morgan fingerprint density at radius 3 is 2.70 bits per heavy atom. The zero-order chi connectivity index (χ0) is 16.4. The second kappa shape index (κ2) is 6.38. The molecule has 1 aromatic carbocycles. The van der Waals surface area contributed by atoms with Gasteiger partial charge in [-0.15, -0.1) is 0 Å². The number of piperidine rings is 1. The molecule has 0 spiro atoms. The Labute approximate surface area is 141 Å². The third kappa shape index (κ3) is 3.15. The van der Waals surface area contributed by atoms with Crippen molar-refractivity contribution in [3.8, 4) is 6.07 Å². The molecule has 1 N–H and O–H groups in total. The first-order valence-electron chi connectivity index (χ1n) is 8.00. The van der Waals surface area contributed by atoms with E-state index in [1.54, 1.807) is 23.1 Å². The van der Waals surface area contributed by atoms with E-state index in [1.165, 1.54) is 0 Å². The van der Waals surface area contributed by atoms with E-state index >= 15 is 0 Å². The fraction of sp³-hybridized carbons (Fsp3) is 0.529. The monoisotopic (exact) mass is 333 g/mol. The molecule has 5 nitrogen and oxygen atoms in total. The Bertz CT molecular complexity index is 652. The van der Waals surface area contributed by atoms with Gasteiger partial charge in [0.1, 0.15) is 6.07 Å². The number of benzene rings is 1. The van der Waals surface area contributed by atoms with Gasteiger partial charge in [0.05, 0.1) is 17.8 Å². The average molecular weight is 334 g/mol. The third-order valence-electron chi connectivity index (χ3n) is 4.68. The number of hydrogen-bond donors (Lipinski definition) is 1. The second-order valence-corrected chi connectivity index (χ2v) is 6.77. The fourth-order valence-electron chi connectivity index (χ4n) is 3.50. The van der Waals surface area contributed by atoms with Crippen molar-refractivity contribution in [1.29, 1.82) is 5.26 Å². The van der Waals surface area contributed by atoms with Crippen LogP contribution in [0.5, 0.6) is 0 Å². The summed E-state index contributed by atoms with van der Waals surface area (Å²) in [5.41, 5.74) is -0.172. The smallest absolute Gasteiger partial charge is 0.256 e. The summed E-state index contributed by atoms with van der Waals surface area (Å²) >= 11 is 5.95. The lowest BCUT2D eigenvalue weighted by molar-refractivity contribution is -0.151. The number of nitriles is 1. The van der Waals surface area contributed by atoms with Gasteiger partial charge >= 0.3 is 0 Å². The molecule has 2 fully saturated rings. The summed E-state index contributed by atoms with van der Waals surface area (Å²) in [6.45, 7) is 2.39. The molecule has 1 amide bonds. The molecule has 1 aromatic rings. The van der Waals surface area contributed by atoms with Crippen LogP contribution in [-0.4, -0.2) is 47.7 Å². The summed E-state index contributed by atoms with van der Waals surface area (Å²) < 4.78 is 0. The number of halogens is 1. The number of rotatable bonds is 2. The maximum atomic E-state index is 12.7. The standard InChI is InChI=1S/C17H20ClN3O2/c18-14-4-5-15(13(10-14)11-19)21-9-3-6-17(23,12-21)16(22)20-7-1-2-8-20/h4-5,10,23H,1-3,6-9,12H2. The first kappa shape index (κ1) is 16.1. The Kier molecular flexibility index (Phi) is 4.47. The molecule has 122 valence electrons. The predicted molar refractivity (Wildman–Crippen MR) is 88.4 cm³/mol. The maximum Gasteiger partial charge on any atom is 0.256 e. The van der Waals surface area contributed by atoms with Gasteiger partial charge in [-0.05, 0) is 43.9 Å². The fourth-order valence-corrected chi connectivity index (χ4v) is 3.68. The Morgan fingerprint density at radius 2 is 2.00 bits per heavy atom. The zero-order valence-corrected chi connectivity index (χ0v) is 13.7. The number of carbonyl (C=O) groups excluding carboxylic acids is 1. The Morgan fingerprint density at radius 1 is 1.26 bits per heavy atom. The van der Waals surface area contributed by atoms with Crippen LogP contribution in [-0.2, 0) is 4.79 Å². The predicted octanol–water partition coefficient (Wildman–Crippen LogP) is 2.17. The average Bonchev–Trinajstić information content (AvgIpc) is 3.08. The van der Waals surface area contributed by atoms with Crippen molar-refractivity contribution >= 4 is 23.2 Å². The first-order valence-corrected chi connectivity index (χ1v) is 8.38. The molecule has 6 heteroatoms. The summed E-state index contributed by atoms with van der Waals surface area (Å²) in [4.78, 5) is 16.4. The number of amides is 1. The van der Waals surface area contributed by atoms with Gasteiger partial charge in [-0.3, -0.25) is 4.79 Å². The van der Waals surface area contributed by atoms with E-state index in [0.717, 1.165) is 31.6 Å². The number of carbonyl (C=O) groups is 1. The van der Waals surface area contributed by atoms with Gasteiger partial charge in [0.15, 0.2) is 5.60 Å². The summed E-state index contributed by atoms with van der Waals surface area (Å²) in [6, 6.07) is 7.27. The molecule has 0 saturated carbocycles. The lowest BCUT2D eigenvalue weighted by atomic mass is 9.90. The quantitative estimate of drug-likeness (QED) is 0.900. The van der Waals surface area contributed by atoms with Crippen molar-refractivity contribution in [1.82, 2.24) is 4.90 Å². The van der Waals surface area contributed by atoms with E-state index in [2.05, 4.69) is 6.07 Å². The molecule has 0 bridgehead atoms. The van der Waals surface area contributed by atoms with E-state index in [4.69, 9.17) is 11.6 Å². The van der Waals surface area contributed by atoms with E-state index < -0.39 is 5.60 Å². The van der Waals surface area contributed by atoms with E-state index in [1.807, 2.05) is 4.90 Å². The van der Waals surface area contributed by atoms with Crippen LogP contribution in [0.3, 0.4) is 0 Å². The number of aliphatic hydroxyl groups is 1. The molecule has 1 unspecified atom stereocenters. The molecule has 1 atom stereocenters. The van der Waals surface area contributed by atoms with Gasteiger partial charge in [-0.25, -0.2) is 0 Å². The summed E-state index contributed by atoms with van der Waals surface area (Å²) in [6.07, 6.45) is 3.18. The maximum absolute atomic E-state index is 12.7. The molecular weight excluding hydrogens is 314 g/mol. The molecule has 2 aliphatic heterocycles. The van der Waals surface area contributed by atoms with Crippen molar-refractivity contribution in [2.75, 3.05) is 31.1 Å². The van der Waals surface area contributed by atoms with Crippen LogP contribution in [0.4, 0.5) is 5.69 Å². The molecule has 2 aliphatic rings. The Hall–Kier alpha value is -1.77. The minimum Gasteiger partial charge on any atom is -0.378 e. The highest BCUT2D eigenvalue weighted by atomic mass is 35.5. The van der Waals surface area contributed by atoms with Crippen LogP contribution in [0.15, 0.2) is 18.2 Å². The van der Waals surface area contributed by atoms with Crippen LogP contribution in [0, 0.1) is 11.3 Å². The van der Waals surface area contributed by atoms with Gasteiger partial charge in [0, 0.05) is 24.7 Å². The highest BCUT2D eigenvalue weighted by Gasteiger charge is 2.43. The van der Waals surface area contributed by atoms with Crippen LogP contribution in [0.25, 0.3) is 0 Å². The van der Waals surface area contributed by atoms with Crippen LogP contribution >= 0.6 is 11.6 Å². The Balaban J connectivity index is 1.83. The number of anilines is 1. The van der Waals surface area contributed by atoms with Crippen LogP contribution < -0.4 is 4.90 Å². The van der Waals surface area contributed by atoms with Crippen molar-refractivity contribution in [2.45, 2.75) is 31.3 Å². The summed E-state index contributed by atoms with van der Waals surface area (Å²) in [5, 5.41) is 20.7. The van der Waals surface area contributed by atoms with Gasteiger partial charge in [0.25, 0.3) is 5.91 Å². The molecule has 0 radical (unpaired) electrons. The molecule has 2 heterocycles. The molecule has 3 rings (SSSR count). The van der Waals surface area contributed by atoms with E-state index in [0.29, 0.717) is 30.0 Å². The van der Waals surface area contributed by atoms with Gasteiger partial charge in [-0.1, -0.05) is 11.6 Å². The number of hydrogen-bond acceptors (Lipinski definition) is 4. The lowest BCUT2D eigenvalue weighted by Gasteiger charge is -2.41. The highest BCUT2D eigenvalue weighted by Crippen LogP contribution is 2.31. The number of β-amino-alcohol motifs (C(OH)–C–C–N with tert-alkyl or cyclic N) is 1. The normalized spacial score (nSPS) is 24.6. The van der Waals surface area contributed by atoms with E-state index in [9.17, 15) is 15.2 Å². The van der Waals surface area contributed by atoms with Crippen molar-refractivity contribution in [3.05, 3.63) is 28.8 Å². The highest BCUT2D eigenvalue weighted by molar-refractivity contribution is 6.30. The van der Waals surface area contributed by atoms with Gasteiger partial charge < -0.3 is 14.9 Å². The van der Waals surface area contributed by atoms with E-state index in [-0.39, 0.29) is 12.5 Å². The molecule has 23 heavy (non-hydrogen) atoms. The zero-order valence-electron chi connectivity index (χ0n) is 13.0. The van der Waals surface area contributed by atoms with Gasteiger partial charge in [-0.2, -0.15) is 5.26 Å². The molecule has 0 aromatic heterocycles. The minimum absolute atomic E-state index is 0.174. The van der Waals surface area contributed by atoms with Crippen molar-refractivity contribution in [2.24, 2.45) is 0 Å². The SMILES string of the molecule is N#Cc1cc(Cl)ccc1N1CCCC(O)(C(=O)N2CCCC2)C1. The summed E-state index contributed by atoms with van der Waals surface area (Å²) in [7, 11) is 0. The molecule has 0 aliphatic carbocycles. The lowest BCUT2D eigenvalue weighted by Crippen LogP contribution is -2.57. The molecular formula is C17H20ClN3O2. The van der Waals surface area contributed by atoms with Crippen molar-refractivity contribution < 1.29 is 9.90 Å². The first-order chi connectivity index (χ1) is 11.0. The van der Waals surface area contributed by atoms with Crippen LogP contribution in [0.1, 0.15) is 31.2 Å². The van der Waals surface area contributed by atoms with Crippen LogP contribution in [0.2, 0.25) is 5.02 Å².